The number of aliphatic hydroxyl groups is 1. The Morgan fingerprint density at radius 1 is 1.15 bits per heavy atom. The fraction of sp³-hybridized carbons (Fsp3) is 0.909. The largest absolute Gasteiger partial charge is 0.385 e. The number of ketones is 1. The predicted molar refractivity (Wildman–Crippen MR) is 54.7 cm³/mol. The van der Waals surface area contributed by atoms with Crippen molar-refractivity contribution in [3.05, 3.63) is 0 Å². The summed E-state index contributed by atoms with van der Waals surface area (Å²) in [5.41, 5.74) is 0. The second-order valence-corrected chi connectivity index (χ2v) is 3.58. The van der Waals surface area contributed by atoms with E-state index in [0.29, 0.717) is 12.8 Å². The van der Waals surface area contributed by atoms with Gasteiger partial charge in [-0.2, -0.15) is 0 Å². The van der Waals surface area contributed by atoms with Gasteiger partial charge in [-0.15, -0.1) is 0 Å². The van der Waals surface area contributed by atoms with Crippen molar-refractivity contribution in [3.63, 3.8) is 0 Å². The minimum Gasteiger partial charge on any atom is -0.385 e. The number of unbranched alkanes of at least 4 members (excludes halogenated alkanes) is 3. The van der Waals surface area contributed by atoms with Gasteiger partial charge >= 0.3 is 0 Å². The van der Waals surface area contributed by atoms with Crippen molar-refractivity contribution >= 4 is 5.78 Å². The lowest BCUT2D eigenvalue weighted by Gasteiger charge is -2.08. The van der Waals surface area contributed by atoms with E-state index < -0.39 is 6.10 Å². The monoisotopic (exact) mass is 186 g/mol. The molecule has 0 aromatic rings. The van der Waals surface area contributed by atoms with Gasteiger partial charge in [0.1, 0.15) is 6.10 Å². The van der Waals surface area contributed by atoms with Crippen molar-refractivity contribution in [1.29, 1.82) is 0 Å². The molecule has 2 heteroatoms. The highest BCUT2D eigenvalue weighted by atomic mass is 16.3. The molecule has 0 radical (unpaired) electrons. The maximum atomic E-state index is 11.2. The van der Waals surface area contributed by atoms with E-state index in [9.17, 15) is 9.90 Å². The van der Waals surface area contributed by atoms with Crippen molar-refractivity contribution in [1.82, 2.24) is 0 Å². The molecular formula is C11H22O2. The van der Waals surface area contributed by atoms with Gasteiger partial charge in [-0.1, -0.05) is 39.5 Å². The molecule has 1 N–H and O–H groups in total. The zero-order chi connectivity index (χ0) is 10.1. The minimum atomic E-state index is -0.696. The summed E-state index contributed by atoms with van der Waals surface area (Å²) < 4.78 is 0. The summed E-state index contributed by atoms with van der Waals surface area (Å²) in [5.74, 6) is 0.0259. The van der Waals surface area contributed by atoms with Gasteiger partial charge in [0, 0.05) is 6.42 Å². The van der Waals surface area contributed by atoms with Crippen molar-refractivity contribution < 1.29 is 9.90 Å². The molecule has 2 nitrogen and oxygen atoms in total. The molecule has 0 bridgehead atoms. The fourth-order valence-electron chi connectivity index (χ4n) is 1.27. The normalized spacial score (nSPS) is 12.8. The zero-order valence-corrected chi connectivity index (χ0v) is 8.88. The summed E-state index contributed by atoms with van der Waals surface area (Å²) >= 11 is 0. The zero-order valence-electron chi connectivity index (χ0n) is 8.88. The van der Waals surface area contributed by atoms with Gasteiger partial charge in [-0.3, -0.25) is 4.79 Å². The Kier molecular flexibility index (Phi) is 8.00. The topological polar surface area (TPSA) is 37.3 Å². The fourth-order valence-corrected chi connectivity index (χ4v) is 1.27. The number of hydrogen-bond donors (Lipinski definition) is 1. The van der Waals surface area contributed by atoms with Crippen LogP contribution in [0.5, 0.6) is 0 Å². The van der Waals surface area contributed by atoms with Crippen LogP contribution in [0.3, 0.4) is 0 Å². The van der Waals surface area contributed by atoms with Crippen LogP contribution in [-0.4, -0.2) is 17.0 Å². The molecule has 0 heterocycles. The Hall–Kier alpha value is -0.370. The third kappa shape index (κ3) is 6.76. The van der Waals surface area contributed by atoms with Crippen LogP contribution >= 0.6 is 0 Å². The number of aliphatic hydroxyl groups excluding tert-OH is 1. The number of carbonyl (C=O) groups is 1. The molecule has 1 atom stereocenters. The molecule has 0 rings (SSSR count). The maximum absolute atomic E-state index is 11.2. The first kappa shape index (κ1) is 12.6. The van der Waals surface area contributed by atoms with Crippen LogP contribution in [0, 0.1) is 0 Å². The smallest absolute Gasteiger partial charge is 0.161 e. The van der Waals surface area contributed by atoms with Crippen LogP contribution < -0.4 is 0 Å². The first-order valence-electron chi connectivity index (χ1n) is 5.43. The number of hydrogen-bond acceptors (Lipinski definition) is 2. The summed E-state index contributed by atoms with van der Waals surface area (Å²) in [6.07, 6.45) is 5.64. The van der Waals surface area contributed by atoms with Crippen LogP contribution in [0.15, 0.2) is 0 Å². The first-order chi connectivity index (χ1) is 6.22. The average molecular weight is 186 g/mol. The molecule has 0 aliphatic rings. The highest BCUT2D eigenvalue weighted by molar-refractivity contribution is 5.82. The molecule has 0 saturated carbocycles. The molecule has 0 aliphatic heterocycles. The van der Waals surface area contributed by atoms with Gasteiger partial charge in [0.2, 0.25) is 0 Å². The molecule has 0 saturated heterocycles. The first-order valence-corrected chi connectivity index (χ1v) is 5.43. The lowest BCUT2D eigenvalue weighted by atomic mass is 10.0. The average Bonchev–Trinajstić information content (AvgIpc) is 2.14. The van der Waals surface area contributed by atoms with E-state index in [-0.39, 0.29) is 5.78 Å². The molecule has 13 heavy (non-hydrogen) atoms. The Morgan fingerprint density at radius 3 is 2.31 bits per heavy atom. The Bertz CT molecular complexity index is 132. The summed E-state index contributed by atoms with van der Waals surface area (Å²) in [4.78, 5) is 11.2. The molecule has 1 unspecified atom stereocenters. The lowest BCUT2D eigenvalue weighted by molar-refractivity contribution is -0.127. The van der Waals surface area contributed by atoms with Crippen LogP contribution in [-0.2, 0) is 4.79 Å². The van der Waals surface area contributed by atoms with E-state index in [1.54, 1.807) is 0 Å². The molecule has 0 aromatic heterocycles. The quantitative estimate of drug-likeness (QED) is 0.592. The van der Waals surface area contributed by atoms with E-state index in [0.717, 1.165) is 32.1 Å². The van der Waals surface area contributed by atoms with Crippen molar-refractivity contribution in [2.24, 2.45) is 0 Å². The summed E-state index contributed by atoms with van der Waals surface area (Å²) in [6, 6.07) is 0. The van der Waals surface area contributed by atoms with E-state index in [2.05, 4.69) is 13.8 Å². The molecular weight excluding hydrogens is 164 g/mol. The lowest BCUT2D eigenvalue weighted by Crippen LogP contribution is -2.19. The maximum Gasteiger partial charge on any atom is 0.161 e. The molecule has 78 valence electrons. The SMILES string of the molecule is CCCCCC(O)C(=O)CCCC. The highest BCUT2D eigenvalue weighted by Gasteiger charge is 2.12. The third-order valence-corrected chi connectivity index (χ3v) is 2.23. The van der Waals surface area contributed by atoms with Gasteiger partial charge < -0.3 is 5.11 Å². The molecule has 0 aromatic carbocycles. The van der Waals surface area contributed by atoms with Gasteiger partial charge in [-0.05, 0) is 12.8 Å². The van der Waals surface area contributed by atoms with Crippen LogP contribution in [0.1, 0.15) is 58.8 Å². The van der Waals surface area contributed by atoms with Crippen LogP contribution in [0.25, 0.3) is 0 Å². The third-order valence-electron chi connectivity index (χ3n) is 2.23. The van der Waals surface area contributed by atoms with Gasteiger partial charge in [-0.25, -0.2) is 0 Å². The predicted octanol–water partition coefficient (Wildman–Crippen LogP) is 2.69. The van der Waals surface area contributed by atoms with E-state index in [1.807, 2.05) is 0 Å². The van der Waals surface area contributed by atoms with Crippen molar-refractivity contribution in [3.8, 4) is 0 Å². The second-order valence-electron chi connectivity index (χ2n) is 3.58. The summed E-state index contributed by atoms with van der Waals surface area (Å²) in [5, 5.41) is 9.42. The second kappa shape index (κ2) is 8.24. The van der Waals surface area contributed by atoms with Crippen molar-refractivity contribution in [2.45, 2.75) is 64.9 Å². The number of carbonyl (C=O) groups excluding carboxylic acids is 1. The minimum absolute atomic E-state index is 0.0259. The Balaban J connectivity index is 3.45. The van der Waals surface area contributed by atoms with E-state index in [1.165, 1.54) is 0 Å². The number of rotatable bonds is 8. The highest BCUT2D eigenvalue weighted by Crippen LogP contribution is 2.07. The van der Waals surface area contributed by atoms with E-state index in [4.69, 9.17) is 0 Å². The van der Waals surface area contributed by atoms with Gasteiger partial charge in [0.15, 0.2) is 5.78 Å². The molecule has 0 amide bonds. The van der Waals surface area contributed by atoms with Crippen LogP contribution in [0.4, 0.5) is 0 Å². The standard InChI is InChI=1S/C11H22O2/c1-3-5-7-9-11(13)10(12)8-6-4-2/h11,13H,3-9H2,1-2H3. The number of Topliss-reactive ketones (excluding diaryl/α,β-unsaturated/α-hetero) is 1. The van der Waals surface area contributed by atoms with E-state index >= 15 is 0 Å². The van der Waals surface area contributed by atoms with Crippen LogP contribution in [0.2, 0.25) is 0 Å². The summed E-state index contributed by atoms with van der Waals surface area (Å²) in [6.45, 7) is 4.17. The molecule has 0 spiro atoms. The van der Waals surface area contributed by atoms with Crippen molar-refractivity contribution in [2.75, 3.05) is 0 Å². The van der Waals surface area contributed by atoms with Gasteiger partial charge in [0.25, 0.3) is 0 Å². The Labute approximate surface area is 81.3 Å². The Morgan fingerprint density at radius 2 is 1.77 bits per heavy atom. The molecule has 0 fully saturated rings. The van der Waals surface area contributed by atoms with Gasteiger partial charge in [0.05, 0.1) is 0 Å². The summed E-state index contributed by atoms with van der Waals surface area (Å²) in [7, 11) is 0. The molecule has 0 aliphatic carbocycles.